The molecule has 1 aromatic carbocycles. The molecule has 0 spiro atoms. The zero-order valence-electron chi connectivity index (χ0n) is 16.3. The summed E-state index contributed by atoms with van der Waals surface area (Å²) in [6, 6.07) is 10.4. The number of carbonyl (C=O) groups is 1. The molecule has 0 N–H and O–H groups in total. The molecule has 2 aromatic rings. The molecule has 1 aromatic heterocycles. The zero-order valence-corrected chi connectivity index (χ0v) is 17.2. The summed E-state index contributed by atoms with van der Waals surface area (Å²) in [5.74, 6) is 0.751. The first-order valence-electron chi connectivity index (χ1n) is 9.60. The first kappa shape index (κ1) is 20.6. The van der Waals surface area contributed by atoms with Crippen LogP contribution in [-0.4, -0.2) is 43.7 Å². The summed E-state index contributed by atoms with van der Waals surface area (Å²) in [4.78, 5) is 15.2. The van der Waals surface area contributed by atoms with Crippen molar-refractivity contribution in [3.8, 4) is 0 Å². The largest absolute Gasteiger partial charge is 0.467 e. The highest BCUT2D eigenvalue weighted by atomic mass is 32.2. The zero-order chi connectivity index (χ0) is 20.1. The van der Waals surface area contributed by atoms with E-state index in [0.717, 1.165) is 24.2 Å². The van der Waals surface area contributed by atoms with Crippen LogP contribution < -0.4 is 0 Å². The van der Waals surface area contributed by atoms with Gasteiger partial charge in [-0.05, 0) is 56.5 Å². The van der Waals surface area contributed by atoms with Gasteiger partial charge in [-0.15, -0.1) is 0 Å². The average molecular weight is 406 g/mol. The number of ether oxygens (including phenoxy) is 1. The molecule has 6 nitrogen and oxygen atoms in total. The minimum absolute atomic E-state index is 0.00256. The van der Waals surface area contributed by atoms with Gasteiger partial charge in [0, 0.05) is 19.3 Å². The smallest absolute Gasteiger partial charge is 0.227 e. The normalized spacial score (nSPS) is 15.7. The van der Waals surface area contributed by atoms with Crippen molar-refractivity contribution < 1.29 is 22.4 Å². The second-order valence-corrected chi connectivity index (χ2v) is 9.86. The summed E-state index contributed by atoms with van der Waals surface area (Å²) in [6.45, 7) is 5.04. The second-order valence-electron chi connectivity index (χ2n) is 7.36. The molecular weight excluding hydrogens is 378 g/mol. The highest BCUT2D eigenvalue weighted by Gasteiger charge is 2.27. The third-order valence-electron chi connectivity index (χ3n) is 5.09. The van der Waals surface area contributed by atoms with Gasteiger partial charge in [-0.2, -0.15) is 0 Å². The SMILES string of the molecule is CC(C)S(=O)(=O)c1ccc(CC(=O)N(Cc2ccco2)C2CCOCC2)cc1. The molecule has 0 aliphatic carbocycles. The van der Waals surface area contributed by atoms with Crippen molar-refractivity contribution in [1.82, 2.24) is 4.90 Å². The fourth-order valence-electron chi connectivity index (χ4n) is 3.33. The van der Waals surface area contributed by atoms with Crippen LogP contribution in [0.3, 0.4) is 0 Å². The highest BCUT2D eigenvalue weighted by Crippen LogP contribution is 2.21. The Bertz CT molecular complexity index is 866. The fourth-order valence-corrected chi connectivity index (χ4v) is 4.39. The van der Waals surface area contributed by atoms with Crippen LogP contribution in [0.4, 0.5) is 0 Å². The Kier molecular flexibility index (Phi) is 6.57. The number of carbonyl (C=O) groups excluding carboxylic acids is 1. The fraction of sp³-hybridized carbons (Fsp3) is 0.476. The molecule has 0 bridgehead atoms. The topological polar surface area (TPSA) is 76.8 Å². The number of amides is 1. The maximum absolute atomic E-state index is 13.1. The molecule has 1 fully saturated rings. The average Bonchev–Trinajstić information content (AvgIpc) is 3.20. The van der Waals surface area contributed by atoms with Crippen molar-refractivity contribution in [3.05, 3.63) is 54.0 Å². The molecule has 152 valence electrons. The number of nitrogens with zero attached hydrogens (tertiary/aromatic N) is 1. The number of hydrogen-bond acceptors (Lipinski definition) is 5. The van der Waals surface area contributed by atoms with E-state index in [4.69, 9.17) is 9.15 Å². The number of rotatable bonds is 7. The minimum atomic E-state index is -3.31. The van der Waals surface area contributed by atoms with Crippen LogP contribution in [-0.2, 0) is 32.3 Å². The summed E-state index contributed by atoms with van der Waals surface area (Å²) in [5, 5.41) is -0.475. The van der Waals surface area contributed by atoms with Gasteiger partial charge < -0.3 is 14.1 Å². The Morgan fingerprint density at radius 2 is 1.82 bits per heavy atom. The number of hydrogen-bond donors (Lipinski definition) is 0. The molecular formula is C21H27NO5S. The molecule has 0 saturated carbocycles. The van der Waals surface area contributed by atoms with Gasteiger partial charge in [0.2, 0.25) is 5.91 Å². The first-order chi connectivity index (χ1) is 13.4. The Morgan fingerprint density at radius 1 is 1.14 bits per heavy atom. The van der Waals surface area contributed by atoms with Crippen molar-refractivity contribution in [1.29, 1.82) is 0 Å². The van der Waals surface area contributed by atoms with E-state index in [1.165, 1.54) is 0 Å². The maximum atomic E-state index is 13.1. The number of benzene rings is 1. The van der Waals surface area contributed by atoms with Gasteiger partial charge in [0.05, 0.1) is 29.4 Å². The highest BCUT2D eigenvalue weighted by molar-refractivity contribution is 7.92. The standard InChI is InChI=1S/C21H27NO5S/c1-16(2)28(24,25)20-7-5-17(6-8-20)14-21(23)22(15-19-4-3-11-27-19)18-9-12-26-13-10-18/h3-8,11,16,18H,9-10,12-15H2,1-2H3. The monoisotopic (exact) mass is 405 g/mol. The van der Waals surface area contributed by atoms with Gasteiger partial charge in [0.25, 0.3) is 0 Å². The van der Waals surface area contributed by atoms with Gasteiger partial charge in [0.1, 0.15) is 5.76 Å². The predicted octanol–water partition coefficient (Wildman–Crippen LogP) is 3.21. The van der Waals surface area contributed by atoms with E-state index in [1.807, 2.05) is 17.0 Å². The lowest BCUT2D eigenvalue weighted by Gasteiger charge is -2.34. The Labute approximate surface area is 166 Å². The van der Waals surface area contributed by atoms with Crippen molar-refractivity contribution in [2.75, 3.05) is 13.2 Å². The number of sulfone groups is 1. The summed E-state index contributed by atoms with van der Waals surface area (Å²) in [7, 11) is -3.31. The van der Waals surface area contributed by atoms with Gasteiger partial charge in [0.15, 0.2) is 9.84 Å². The lowest BCUT2D eigenvalue weighted by molar-refractivity contribution is -0.135. The Balaban J connectivity index is 1.74. The van der Waals surface area contributed by atoms with Crippen LogP contribution in [0.2, 0.25) is 0 Å². The lowest BCUT2D eigenvalue weighted by Crippen LogP contribution is -2.43. The molecule has 0 radical (unpaired) electrons. The van der Waals surface area contributed by atoms with Crippen molar-refractivity contribution in [3.63, 3.8) is 0 Å². The quantitative estimate of drug-likeness (QED) is 0.707. The van der Waals surface area contributed by atoms with Crippen LogP contribution in [0.1, 0.15) is 38.0 Å². The number of furan rings is 1. The molecule has 1 aliphatic heterocycles. The van der Waals surface area contributed by atoms with E-state index in [9.17, 15) is 13.2 Å². The lowest BCUT2D eigenvalue weighted by atomic mass is 10.0. The van der Waals surface area contributed by atoms with Crippen molar-refractivity contribution in [2.24, 2.45) is 0 Å². The third kappa shape index (κ3) is 4.83. The van der Waals surface area contributed by atoms with Crippen molar-refractivity contribution in [2.45, 2.75) is 55.8 Å². The Hall–Kier alpha value is -2.12. The Morgan fingerprint density at radius 3 is 2.39 bits per heavy atom. The first-order valence-corrected chi connectivity index (χ1v) is 11.1. The third-order valence-corrected chi connectivity index (χ3v) is 7.26. The molecule has 0 atom stereocenters. The molecule has 3 rings (SSSR count). The molecule has 1 saturated heterocycles. The van der Waals surface area contributed by atoms with E-state index >= 15 is 0 Å². The summed E-state index contributed by atoms with van der Waals surface area (Å²) < 4.78 is 35.4. The van der Waals surface area contributed by atoms with E-state index < -0.39 is 15.1 Å². The van der Waals surface area contributed by atoms with Crippen LogP contribution in [0.15, 0.2) is 52.0 Å². The molecule has 1 amide bonds. The van der Waals surface area contributed by atoms with E-state index in [-0.39, 0.29) is 23.3 Å². The van der Waals surface area contributed by atoms with Gasteiger partial charge >= 0.3 is 0 Å². The maximum Gasteiger partial charge on any atom is 0.227 e. The van der Waals surface area contributed by atoms with Gasteiger partial charge in [-0.1, -0.05) is 12.1 Å². The molecule has 1 aliphatic rings. The van der Waals surface area contributed by atoms with E-state index in [1.54, 1.807) is 44.4 Å². The molecule has 0 unspecified atom stereocenters. The molecule has 28 heavy (non-hydrogen) atoms. The van der Waals surface area contributed by atoms with Crippen LogP contribution in [0.5, 0.6) is 0 Å². The van der Waals surface area contributed by atoms with Gasteiger partial charge in [-0.3, -0.25) is 4.79 Å². The van der Waals surface area contributed by atoms with Crippen LogP contribution in [0.25, 0.3) is 0 Å². The van der Waals surface area contributed by atoms with E-state index in [2.05, 4.69) is 0 Å². The van der Waals surface area contributed by atoms with Gasteiger partial charge in [-0.25, -0.2) is 8.42 Å². The van der Waals surface area contributed by atoms with Crippen LogP contribution >= 0.6 is 0 Å². The summed E-state index contributed by atoms with van der Waals surface area (Å²) in [5.41, 5.74) is 0.796. The molecule has 2 heterocycles. The van der Waals surface area contributed by atoms with Crippen molar-refractivity contribution >= 4 is 15.7 Å². The molecule has 7 heteroatoms. The second kappa shape index (κ2) is 8.92. The summed E-state index contributed by atoms with van der Waals surface area (Å²) in [6.07, 6.45) is 3.44. The van der Waals surface area contributed by atoms with Crippen LogP contribution in [0, 0.1) is 0 Å². The van der Waals surface area contributed by atoms with E-state index in [0.29, 0.717) is 19.8 Å². The summed E-state index contributed by atoms with van der Waals surface area (Å²) >= 11 is 0. The minimum Gasteiger partial charge on any atom is -0.467 e. The predicted molar refractivity (Wildman–Crippen MR) is 106 cm³/mol.